The highest BCUT2D eigenvalue weighted by Crippen LogP contribution is 2.12. The van der Waals surface area contributed by atoms with Crippen molar-refractivity contribution in [1.82, 2.24) is 0 Å². The Kier molecular flexibility index (Phi) is 26.0. The van der Waals surface area contributed by atoms with E-state index in [0.717, 1.165) is 0 Å². The van der Waals surface area contributed by atoms with E-state index in [9.17, 15) is 0 Å². The summed E-state index contributed by atoms with van der Waals surface area (Å²) in [4.78, 5) is 0. The fourth-order valence-electron chi connectivity index (χ4n) is 3.65. The SMILES string of the molecule is CCCC/C=C\CCCCCCC[CH]C=CCCCCCCCCCCCC. The summed E-state index contributed by atoms with van der Waals surface area (Å²) in [5.74, 6) is 0. The van der Waals surface area contributed by atoms with Crippen LogP contribution in [0.15, 0.2) is 24.3 Å². The van der Waals surface area contributed by atoms with Crippen LogP contribution in [0, 0.1) is 6.42 Å². The molecular formula is C28H53. The molecule has 0 aliphatic rings. The van der Waals surface area contributed by atoms with Crippen LogP contribution in [0.5, 0.6) is 0 Å². The van der Waals surface area contributed by atoms with Gasteiger partial charge in [0.15, 0.2) is 0 Å². The Morgan fingerprint density at radius 1 is 0.357 bits per heavy atom. The van der Waals surface area contributed by atoms with Crippen molar-refractivity contribution in [2.75, 3.05) is 0 Å². The van der Waals surface area contributed by atoms with Crippen molar-refractivity contribution in [2.45, 2.75) is 149 Å². The highest BCUT2D eigenvalue weighted by atomic mass is 14.0. The predicted octanol–water partition coefficient (Wildman–Crippen LogP) is 10.5. The van der Waals surface area contributed by atoms with Crippen LogP contribution in [-0.4, -0.2) is 0 Å². The number of hydrogen-bond acceptors (Lipinski definition) is 0. The number of unbranched alkanes of at least 4 members (excludes halogenated alkanes) is 19. The van der Waals surface area contributed by atoms with E-state index in [-0.39, 0.29) is 0 Å². The number of allylic oxidation sites excluding steroid dienone is 4. The molecule has 0 saturated carbocycles. The topological polar surface area (TPSA) is 0 Å². The Hall–Kier alpha value is -0.520. The van der Waals surface area contributed by atoms with Crippen LogP contribution in [-0.2, 0) is 0 Å². The molecule has 0 atom stereocenters. The van der Waals surface area contributed by atoms with Gasteiger partial charge in [0, 0.05) is 0 Å². The zero-order valence-corrected chi connectivity index (χ0v) is 19.7. The highest BCUT2D eigenvalue weighted by Gasteiger charge is 1.93. The lowest BCUT2D eigenvalue weighted by molar-refractivity contribution is 0.557. The molecule has 0 amide bonds. The van der Waals surface area contributed by atoms with Gasteiger partial charge in [0.2, 0.25) is 0 Å². The first-order valence-electron chi connectivity index (χ1n) is 13.0. The van der Waals surface area contributed by atoms with Gasteiger partial charge in [0.25, 0.3) is 0 Å². The van der Waals surface area contributed by atoms with Gasteiger partial charge in [0.05, 0.1) is 0 Å². The molecule has 0 bridgehead atoms. The first-order chi connectivity index (χ1) is 13.9. The Morgan fingerprint density at radius 2 is 0.750 bits per heavy atom. The van der Waals surface area contributed by atoms with Crippen molar-refractivity contribution in [3.8, 4) is 0 Å². The summed E-state index contributed by atoms with van der Waals surface area (Å²) in [5.41, 5.74) is 0. The Balaban J connectivity index is 3.10. The van der Waals surface area contributed by atoms with E-state index in [1.807, 2.05) is 0 Å². The van der Waals surface area contributed by atoms with Gasteiger partial charge in [0.1, 0.15) is 0 Å². The summed E-state index contributed by atoms with van der Waals surface area (Å²) >= 11 is 0. The first kappa shape index (κ1) is 27.5. The van der Waals surface area contributed by atoms with Gasteiger partial charge in [-0.1, -0.05) is 134 Å². The molecule has 1 radical (unpaired) electrons. The van der Waals surface area contributed by atoms with Crippen molar-refractivity contribution in [1.29, 1.82) is 0 Å². The lowest BCUT2D eigenvalue weighted by Crippen LogP contribution is -1.81. The predicted molar refractivity (Wildman–Crippen MR) is 131 cm³/mol. The minimum atomic E-state index is 1.27. The van der Waals surface area contributed by atoms with Crippen molar-refractivity contribution in [3.05, 3.63) is 30.7 Å². The normalized spacial score (nSPS) is 11.9. The molecule has 165 valence electrons. The highest BCUT2D eigenvalue weighted by molar-refractivity contribution is 4.94. The minimum Gasteiger partial charge on any atom is -0.0885 e. The molecule has 0 saturated heterocycles. The third kappa shape index (κ3) is 25.5. The molecule has 0 aromatic rings. The third-order valence-electron chi connectivity index (χ3n) is 5.63. The lowest BCUT2D eigenvalue weighted by atomic mass is 10.1. The molecule has 0 heterocycles. The van der Waals surface area contributed by atoms with Gasteiger partial charge in [-0.25, -0.2) is 0 Å². The molecule has 0 aromatic carbocycles. The second kappa shape index (κ2) is 26.5. The zero-order chi connectivity index (χ0) is 20.4. The Labute approximate surface area is 179 Å². The van der Waals surface area contributed by atoms with Crippen molar-refractivity contribution >= 4 is 0 Å². The molecular weight excluding hydrogens is 336 g/mol. The summed E-state index contributed by atoms with van der Waals surface area (Å²) < 4.78 is 0. The second-order valence-electron chi connectivity index (χ2n) is 8.59. The fraction of sp³-hybridized carbons (Fsp3) is 0.821. The molecule has 0 nitrogen and oxygen atoms in total. The molecule has 0 aliphatic heterocycles. The van der Waals surface area contributed by atoms with Gasteiger partial charge in [-0.2, -0.15) is 0 Å². The first-order valence-corrected chi connectivity index (χ1v) is 13.0. The van der Waals surface area contributed by atoms with Gasteiger partial charge in [-0.15, -0.1) is 0 Å². The van der Waals surface area contributed by atoms with E-state index in [2.05, 4.69) is 44.6 Å². The third-order valence-corrected chi connectivity index (χ3v) is 5.63. The van der Waals surface area contributed by atoms with Gasteiger partial charge >= 0.3 is 0 Å². The van der Waals surface area contributed by atoms with Crippen LogP contribution in [0.2, 0.25) is 0 Å². The monoisotopic (exact) mass is 389 g/mol. The molecule has 0 rings (SSSR count). The average molecular weight is 390 g/mol. The lowest BCUT2D eigenvalue weighted by Gasteiger charge is -2.01. The molecule has 0 heteroatoms. The summed E-state index contributed by atoms with van der Waals surface area (Å²) in [6.07, 6.45) is 40.9. The molecule has 0 unspecified atom stereocenters. The molecule has 0 aliphatic carbocycles. The van der Waals surface area contributed by atoms with Crippen molar-refractivity contribution < 1.29 is 0 Å². The molecule has 0 fully saturated rings. The second-order valence-corrected chi connectivity index (χ2v) is 8.59. The van der Waals surface area contributed by atoms with Crippen molar-refractivity contribution in [2.24, 2.45) is 0 Å². The number of hydrogen-bond donors (Lipinski definition) is 0. The maximum atomic E-state index is 2.39. The van der Waals surface area contributed by atoms with E-state index in [1.165, 1.54) is 135 Å². The number of rotatable bonds is 23. The maximum absolute atomic E-state index is 2.39. The minimum absolute atomic E-state index is 1.27. The summed E-state index contributed by atoms with van der Waals surface area (Å²) in [7, 11) is 0. The smallest absolute Gasteiger partial charge is 0.0171 e. The summed E-state index contributed by atoms with van der Waals surface area (Å²) in [5, 5.41) is 0. The quantitative estimate of drug-likeness (QED) is 0.120. The van der Waals surface area contributed by atoms with Crippen LogP contribution in [0.4, 0.5) is 0 Å². The zero-order valence-electron chi connectivity index (χ0n) is 19.7. The van der Waals surface area contributed by atoms with E-state index >= 15 is 0 Å². The van der Waals surface area contributed by atoms with E-state index in [4.69, 9.17) is 0 Å². The van der Waals surface area contributed by atoms with Crippen LogP contribution >= 0.6 is 0 Å². The van der Waals surface area contributed by atoms with Gasteiger partial charge in [-0.05, 0) is 44.9 Å². The summed E-state index contributed by atoms with van der Waals surface area (Å²) in [6, 6.07) is 0. The van der Waals surface area contributed by atoms with Gasteiger partial charge < -0.3 is 0 Å². The van der Waals surface area contributed by atoms with Gasteiger partial charge in [-0.3, -0.25) is 0 Å². The Bertz CT molecular complexity index is 312. The average Bonchev–Trinajstić information content (AvgIpc) is 2.71. The molecule has 28 heavy (non-hydrogen) atoms. The molecule has 0 spiro atoms. The molecule has 0 aromatic heterocycles. The maximum Gasteiger partial charge on any atom is -0.0171 e. The largest absolute Gasteiger partial charge is 0.0885 e. The van der Waals surface area contributed by atoms with Crippen LogP contribution in [0.1, 0.15) is 149 Å². The van der Waals surface area contributed by atoms with Crippen LogP contribution < -0.4 is 0 Å². The van der Waals surface area contributed by atoms with Crippen LogP contribution in [0.3, 0.4) is 0 Å². The molecule has 0 N–H and O–H groups in total. The Morgan fingerprint density at radius 3 is 1.29 bits per heavy atom. The van der Waals surface area contributed by atoms with E-state index < -0.39 is 0 Å². The summed E-state index contributed by atoms with van der Waals surface area (Å²) in [6.45, 7) is 4.56. The standard InChI is InChI=1S/C28H53/c1-3-5-7-9-11-13-15-17-19-21-23-25-27-28-26-24-22-20-18-16-14-12-10-8-6-4-2/h9,11,26-28H,3-8,10,12-25H2,1-2H3/b11-9-,28-26?. The van der Waals surface area contributed by atoms with Crippen molar-refractivity contribution in [3.63, 3.8) is 0 Å². The van der Waals surface area contributed by atoms with E-state index in [0.29, 0.717) is 0 Å². The van der Waals surface area contributed by atoms with E-state index in [1.54, 1.807) is 0 Å². The van der Waals surface area contributed by atoms with Crippen LogP contribution in [0.25, 0.3) is 0 Å². The fourth-order valence-corrected chi connectivity index (χ4v) is 3.65.